The van der Waals surface area contributed by atoms with Gasteiger partial charge in [0.25, 0.3) is 5.91 Å². The van der Waals surface area contributed by atoms with Crippen LogP contribution < -0.4 is 10.6 Å². The van der Waals surface area contributed by atoms with E-state index in [-0.39, 0.29) is 34.8 Å². The van der Waals surface area contributed by atoms with E-state index in [1.807, 2.05) is 0 Å². The third-order valence-corrected chi connectivity index (χ3v) is 5.97. The van der Waals surface area contributed by atoms with Crippen LogP contribution in [0.5, 0.6) is 0 Å². The summed E-state index contributed by atoms with van der Waals surface area (Å²) < 4.78 is 37.6. The number of imide groups is 1. The fourth-order valence-electron chi connectivity index (χ4n) is 3.73. The summed E-state index contributed by atoms with van der Waals surface area (Å²) in [6.07, 6.45) is 3.46. The maximum Gasteiger partial charge on any atom is 0.446 e. The van der Waals surface area contributed by atoms with Crippen LogP contribution in [0.4, 0.5) is 29.5 Å². The molecule has 0 atom stereocenters. The number of aromatic nitrogens is 1. The molecule has 2 heterocycles. The molecule has 0 bridgehead atoms. The standard InChI is InChI=1S/C19H17F3N4O2S/c20-19(21,22)29-14-4-2-13(3-5-14)26-16(27)18(7-1-8-18)25(17(26)28)11-12-6-9-24-15(23)10-12/h2-6,9-10H,1,7-8,11H2,(H2,23,24). The summed E-state index contributed by atoms with van der Waals surface area (Å²) in [5.41, 5.74) is 1.41. The molecule has 152 valence electrons. The Hall–Kier alpha value is -2.75. The fourth-order valence-corrected chi connectivity index (χ4v) is 4.27. The van der Waals surface area contributed by atoms with Gasteiger partial charge in [0.05, 0.1) is 5.69 Å². The minimum Gasteiger partial charge on any atom is -0.384 e. The van der Waals surface area contributed by atoms with Crippen LogP contribution in [0.15, 0.2) is 47.5 Å². The molecule has 1 saturated heterocycles. The molecule has 2 aromatic rings. The number of rotatable bonds is 4. The topological polar surface area (TPSA) is 79.5 Å². The van der Waals surface area contributed by atoms with Gasteiger partial charge >= 0.3 is 11.5 Å². The van der Waals surface area contributed by atoms with Gasteiger partial charge in [-0.1, -0.05) is 0 Å². The van der Waals surface area contributed by atoms with Crippen LogP contribution in [0.1, 0.15) is 24.8 Å². The molecule has 1 aliphatic carbocycles. The number of nitrogens with two attached hydrogens (primary N) is 1. The summed E-state index contributed by atoms with van der Waals surface area (Å²) in [7, 11) is 0. The number of amides is 3. The normalized spacial score (nSPS) is 18.4. The maximum absolute atomic E-state index is 13.1. The SMILES string of the molecule is Nc1cc(CN2C(=O)N(c3ccc(SC(F)(F)F)cc3)C(=O)C23CCC3)ccn1. The van der Waals surface area contributed by atoms with Crippen molar-refractivity contribution >= 4 is 35.2 Å². The molecule has 29 heavy (non-hydrogen) atoms. The lowest BCUT2D eigenvalue weighted by molar-refractivity contribution is -0.129. The third kappa shape index (κ3) is 3.52. The highest BCUT2D eigenvalue weighted by atomic mass is 32.2. The van der Waals surface area contributed by atoms with Gasteiger partial charge in [-0.2, -0.15) is 13.2 Å². The Labute approximate surface area is 168 Å². The molecule has 1 aromatic carbocycles. The third-order valence-electron chi connectivity index (χ3n) is 5.24. The molecule has 2 N–H and O–H groups in total. The zero-order valence-electron chi connectivity index (χ0n) is 15.1. The number of halogens is 3. The van der Waals surface area contributed by atoms with Gasteiger partial charge in [0.15, 0.2) is 0 Å². The fraction of sp³-hybridized carbons (Fsp3) is 0.316. The zero-order valence-corrected chi connectivity index (χ0v) is 16.0. The van der Waals surface area contributed by atoms with E-state index in [0.717, 1.165) is 16.9 Å². The Balaban J connectivity index is 1.62. The summed E-state index contributed by atoms with van der Waals surface area (Å²) in [5.74, 6) is -0.0234. The van der Waals surface area contributed by atoms with E-state index in [2.05, 4.69) is 4.98 Å². The quantitative estimate of drug-likeness (QED) is 0.591. The molecule has 1 saturated carbocycles. The van der Waals surface area contributed by atoms with E-state index in [1.54, 1.807) is 12.1 Å². The molecule has 0 unspecified atom stereocenters. The average Bonchev–Trinajstić information content (AvgIpc) is 2.82. The van der Waals surface area contributed by atoms with E-state index in [1.165, 1.54) is 35.4 Å². The average molecular weight is 422 g/mol. The second kappa shape index (κ2) is 6.94. The number of carbonyl (C=O) groups is 2. The van der Waals surface area contributed by atoms with Crippen molar-refractivity contribution in [3.8, 4) is 0 Å². The van der Waals surface area contributed by atoms with E-state index in [9.17, 15) is 22.8 Å². The van der Waals surface area contributed by atoms with Gasteiger partial charge in [0, 0.05) is 17.6 Å². The monoisotopic (exact) mass is 422 g/mol. The number of benzene rings is 1. The number of anilines is 2. The molecule has 4 rings (SSSR count). The molecule has 2 fully saturated rings. The molecule has 10 heteroatoms. The molecule has 2 aliphatic rings. The second-order valence-electron chi connectivity index (χ2n) is 7.03. The number of nitrogens with zero attached hydrogens (tertiary/aromatic N) is 3. The number of thioether (sulfide) groups is 1. The van der Waals surface area contributed by atoms with E-state index < -0.39 is 17.1 Å². The Morgan fingerprint density at radius 2 is 1.83 bits per heavy atom. The minimum absolute atomic E-state index is 0.0113. The number of nitrogen functional groups attached to an aromatic ring is 1. The second-order valence-corrected chi connectivity index (χ2v) is 8.16. The molecule has 1 aliphatic heterocycles. The van der Waals surface area contributed by atoms with Gasteiger partial charge in [-0.15, -0.1) is 0 Å². The summed E-state index contributed by atoms with van der Waals surface area (Å²) in [6, 6.07) is 8.14. The van der Waals surface area contributed by atoms with Crippen molar-refractivity contribution in [1.29, 1.82) is 0 Å². The van der Waals surface area contributed by atoms with Gasteiger partial charge in [0.1, 0.15) is 11.4 Å². The first-order valence-corrected chi connectivity index (χ1v) is 9.74. The highest BCUT2D eigenvalue weighted by Crippen LogP contribution is 2.46. The number of alkyl halides is 3. The van der Waals surface area contributed by atoms with E-state index >= 15 is 0 Å². The number of hydrogen-bond acceptors (Lipinski definition) is 5. The van der Waals surface area contributed by atoms with Crippen molar-refractivity contribution in [3.63, 3.8) is 0 Å². The van der Waals surface area contributed by atoms with Gasteiger partial charge < -0.3 is 10.6 Å². The van der Waals surface area contributed by atoms with Crippen LogP contribution in [-0.4, -0.2) is 32.9 Å². The number of pyridine rings is 1. The summed E-state index contributed by atoms with van der Waals surface area (Å²) in [5, 5.41) is 0. The van der Waals surface area contributed by atoms with Crippen molar-refractivity contribution < 1.29 is 22.8 Å². The van der Waals surface area contributed by atoms with E-state index in [4.69, 9.17) is 5.73 Å². The van der Waals surface area contributed by atoms with Gasteiger partial charge in [-0.3, -0.25) is 4.79 Å². The van der Waals surface area contributed by atoms with Crippen LogP contribution in [0.3, 0.4) is 0 Å². The molecule has 1 spiro atoms. The van der Waals surface area contributed by atoms with Crippen molar-refractivity contribution in [1.82, 2.24) is 9.88 Å². The number of urea groups is 1. The maximum atomic E-state index is 13.1. The Kier molecular flexibility index (Phi) is 4.68. The van der Waals surface area contributed by atoms with Gasteiger partial charge in [-0.25, -0.2) is 14.7 Å². The van der Waals surface area contributed by atoms with Crippen LogP contribution >= 0.6 is 11.8 Å². The summed E-state index contributed by atoms with van der Waals surface area (Å²) in [6.45, 7) is 0.204. The largest absolute Gasteiger partial charge is 0.446 e. The molecule has 0 radical (unpaired) electrons. The predicted molar refractivity (Wildman–Crippen MR) is 102 cm³/mol. The van der Waals surface area contributed by atoms with Crippen molar-refractivity contribution in [2.45, 2.75) is 41.7 Å². The highest BCUT2D eigenvalue weighted by Gasteiger charge is 2.60. The first kappa shape index (κ1) is 19.6. The van der Waals surface area contributed by atoms with Crippen molar-refractivity contribution in [3.05, 3.63) is 48.2 Å². The van der Waals surface area contributed by atoms with Crippen molar-refractivity contribution in [2.75, 3.05) is 10.6 Å². The van der Waals surface area contributed by atoms with Crippen LogP contribution in [-0.2, 0) is 11.3 Å². The van der Waals surface area contributed by atoms with Gasteiger partial charge in [0.2, 0.25) is 0 Å². The molecule has 6 nitrogen and oxygen atoms in total. The van der Waals surface area contributed by atoms with Gasteiger partial charge in [-0.05, 0) is 73.0 Å². The highest BCUT2D eigenvalue weighted by molar-refractivity contribution is 8.00. The zero-order chi connectivity index (χ0) is 20.8. The summed E-state index contributed by atoms with van der Waals surface area (Å²) >= 11 is -0.244. The molecule has 3 amide bonds. The van der Waals surface area contributed by atoms with Crippen LogP contribution in [0, 0.1) is 0 Å². The van der Waals surface area contributed by atoms with Crippen molar-refractivity contribution in [2.24, 2.45) is 0 Å². The Bertz CT molecular complexity index is 961. The smallest absolute Gasteiger partial charge is 0.384 e. The Morgan fingerprint density at radius 1 is 1.14 bits per heavy atom. The Morgan fingerprint density at radius 3 is 2.38 bits per heavy atom. The lowest BCUT2D eigenvalue weighted by Gasteiger charge is -2.42. The lowest BCUT2D eigenvalue weighted by Crippen LogP contribution is -2.54. The minimum atomic E-state index is -4.40. The van der Waals surface area contributed by atoms with E-state index in [0.29, 0.717) is 18.7 Å². The van der Waals surface area contributed by atoms with Crippen LogP contribution in [0.2, 0.25) is 0 Å². The number of hydrogen-bond donors (Lipinski definition) is 1. The predicted octanol–water partition coefficient (Wildman–Crippen LogP) is 4.17. The van der Waals surface area contributed by atoms with Crippen LogP contribution in [0.25, 0.3) is 0 Å². The summed E-state index contributed by atoms with van der Waals surface area (Å²) in [4.78, 5) is 32.8. The lowest BCUT2D eigenvalue weighted by atomic mass is 9.75. The first-order valence-electron chi connectivity index (χ1n) is 8.92. The number of carbonyl (C=O) groups excluding carboxylic acids is 2. The molecule has 1 aromatic heterocycles. The molecular weight excluding hydrogens is 405 g/mol. The molecular formula is C19H17F3N4O2S. The first-order chi connectivity index (χ1) is 13.7.